The molecule has 0 aromatic carbocycles. The van der Waals surface area contributed by atoms with Gasteiger partial charge in [-0.15, -0.1) is 0 Å². The molecule has 9 N–H and O–H groups in total. The largest absolute Gasteiger partial charge is 0.481 e. The lowest BCUT2D eigenvalue weighted by atomic mass is 9.43. The normalized spacial score (nSPS) is 33.4. The van der Waals surface area contributed by atoms with Gasteiger partial charge in [-0.2, -0.15) is 0 Å². The van der Waals surface area contributed by atoms with Gasteiger partial charge in [-0.1, -0.05) is 20.8 Å². The van der Waals surface area contributed by atoms with E-state index in [-0.39, 0.29) is 104 Å². The highest BCUT2D eigenvalue weighted by Gasteiger charge is 2.65. The number of carbonyl (C=O) groups excluding carboxylic acids is 2. The second kappa shape index (κ2) is 19.5. The standard InChI is InChI=1S/C38H65N5O12/c1-23(4-7-33(50)51)26-5-6-27-36-28(16-30(47)38(26,27)3)37(2)9-8-25(14-24(37)15-29(36)46)40-31(48)17-39-32(49)18-41(11-13-43(21-44)22-45)10-12-42(19-34(52)53)20-35(54)55/h23-30,36,44-47H,4-22H2,1-3H3,(H,39,49)(H,40,48)(H,50,51)(H,52,53)(H,54,55). The van der Waals surface area contributed by atoms with Gasteiger partial charge in [-0.05, 0) is 97.7 Å². The van der Waals surface area contributed by atoms with E-state index in [0.717, 1.165) is 25.7 Å². The lowest BCUT2D eigenvalue weighted by molar-refractivity contribution is -0.202. The van der Waals surface area contributed by atoms with Crippen molar-refractivity contribution >= 4 is 29.7 Å². The number of amides is 2. The van der Waals surface area contributed by atoms with Gasteiger partial charge < -0.3 is 46.4 Å². The van der Waals surface area contributed by atoms with Crippen molar-refractivity contribution in [3.05, 3.63) is 0 Å². The second-order valence-corrected chi connectivity index (χ2v) is 17.3. The smallest absolute Gasteiger partial charge is 0.317 e. The Morgan fingerprint density at radius 1 is 0.745 bits per heavy atom. The molecule has 4 saturated carbocycles. The number of aliphatic hydroxyl groups is 4. The number of carbonyl (C=O) groups is 5. The van der Waals surface area contributed by atoms with Crippen LogP contribution in [-0.2, 0) is 24.0 Å². The first-order valence-electron chi connectivity index (χ1n) is 19.9. The maximum absolute atomic E-state index is 13.1. The van der Waals surface area contributed by atoms with E-state index < -0.39 is 62.6 Å². The molecular formula is C38H65N5O12. The van der Waals surface area contributed by atoms with Crippen LogP contribution >= 0.6 is 0 Å². The van der Waals surface area contributed by atoms with E-state index in [0.29, 0.717) is 25.7 Å². The van der Waals surface area contributed by atoms with Crippen LogP contribution in [0.1, 0.15) is 78.6 Å². The summed E-state index contributed by atoms with van der Waals surface area (Å²) in [6.07, 6.45) is 4.86. The summed E-state index contributed by atoms with van der Waals surface area (Å²) in [4.78, 5) is 63.9. The predicted molar refractivity (Wildman–Crippen MR) is 198 cm³/mol. The van der Waals surface area contributed by atoms with E-state index in [9.17, 15) is 49.5 Å². The van der Waals surface area contributed by atoms with Gasteiger partial charge in [0.05, 0.1) is 51.8 Å². The summed E-state index contributed by atoms with van der Waals surface area (Å²) in [7, 11) is 0. The number of carboxylic acid groups (broad SMARTS) is 3. The van der Waals surface area contributed by atoms with Crippen LogP contribution < -0.4 is 10.6 Å². The molecule has 4 rings (SSSR count). The number of aliphatic hydroxyl groups excluding tert-OH is 4. The average Bonchev–Trinajstić information content (AvgIpc) is 3.47. The SMILES string of the molecule is CC(CCC(=O)O)C1CCC2C3C(O)CC4CC(NC(=O)CNC(=O)CN(CCN(CO)CO)CCN(CC(=O)O)CC(=O)O)CCC4(C)C3CC(O)C12C. The van der Waals surface area contributed by atoms with Gasteiger partial charge in [0.25, 0.3) is 0 Å². The van der Waals surface area contributed by atoms with E-state index in [1.807, 2.05) is 0 Å². The molecule has 4 aliphatic carbocycles. The summed E-state index contributed by atoms with van der Waals surface area (Å²) < 4.78 is 0. The fraction of sp³-hybridized carbons (Fsp3) is 0.868. The number of aliphatic carboxylic acids is 3. The van der Waals surface area contributed by atoms with Crippen LogP contribution in [0.3, 0.4) is 0 Å². The molecule has 2 amide bonds. The first-order chi connectivity index (χ1) is 25.9. The minimum absolute atomic E-state index is 0.0237. The average molecular weight is 784 g/mol. The van der Waals surface area contributed by atoms with Crippen molar-refractivity contribution < 1.29 is 59.7 Å². The van der Waals surface area contributed by atoms with Gasteiger partial charge in [0.2, 0.25) is 11.8 Å². The fourth-order valence-corrected chi connectivity index (χ4v) is 11.2. The van der Waals surface area contributed by atoms with Gasteiger partial charge in [0, 0.05) is 38.6 Å². The zero-order chi connectivity index (χ0) is 40.7. The highest BCUT2D eigenvalue weighted by Crippen LogP contribution is 2.68. The van der Waals surface area contributed by atoms with Gasteiger partial charge in [-0.3, -0.25) is 38.7 Å². The third-order valence-corrected chi connectivity index (χ3v) is 14.1. The van der Waals surface area contributed by atoms with Crippen molar-refractivity contribution in [3.63, 3.8) is 0 Å². The molecule has 0 spiro atoms. The van der Waals surface area contributed by atoms with Crippen LogP contribution in [0.15, 0.2) is 0 Å². The third kappa shape index (κ3) is 10.9. The number of hydrogen-bond acceptors (Lipinski definition) is 12. The summed E-state index contributed by atoms with van der Waals surface area (Å²) in [5.41, 5.74) is -0.500. The summed E-state index contributed by atoms with van der Waals surface area (Å²) in [5, 5.41) is 75.7. The molecule has 0 radical (unpaired) electrons. The minimum Gasteiger partial charge on any atom is -0.481 e. The fourth-order valence-electron chi connectivity index (χ4n) is 11.2. The molecular weight excluding hydrogens is 718 g/mol. The first-order valence-corrected chi connectivity index (χ1v) is 19.9. The predicted octanol–water partition coefficient (Wildman–Crippen LogP) is -0.336. The Morgan fingerprint density at radius 3 is 1.96 bits per heavy atom. The number of fused-ring (bicyclic) bond motifs is 5. The quantitative estimate of drug-likeness (QED) is 0.0675. The zero-order valence-corrected chi connectivity index (χ0v) is 32.6. The number of rotatable bonds is 21. The zero-order valence-electron chi connectivity index (χ0n) is 32.6. The molecule has 314 valence electrons. The first kappa shape index (κ1) is 44.8. The topological polar surface area (TPSA) is 261 Å². The molecule has 0 aliphatic heterocycles. The molecule has 0 aromatic heterocycles. The Labute approximate surface area is 323 Å². The van der Waals surface area contributed by atoms with Gasteiger partial charge in [0.15, 0.2) is 0 Å². The maximum atomic E-state index is 13.1. The summed E-state index contributed by atoms with van der Waals surface area (Å²) in [5.74, 6) is -3.23. The van der Waals surface area contributed by atoms with Crippen molar-refractivity contribution in [1.82, 2.24) is 25.3 Å². The van der Waals surface area contributed by atoms with Gasteiger partial charge in [-0.25, -0.2) is 0 Å². The van der Waals surface area contributed by atoms with Crippen molar-refractivity contribution in [2.45, 2.75) is 96.8 Å². The minimum atomic E-state index is -1.20. The van der Waals surface area contributed by atoms with Crippen LogP contribution in [0.4, 0.5) is 0 Å². The van der Waals surface area contributed by atoms with E-state index in [2.05, 4.69) is 31.4 Å². The Bertz CT molecular complexity index is 1340. The molecule has 4 fully saturated rings. The monoisotopic (exact) mass is 783 g/mol. The molecule has 17 heteroatoms. The molecule has 0 saturated heterocycles. The lowest BCUT2D eigenvalue weighted by Crippen LogP contribution is -2.63. The van der Waals surface area contributed by atoms with E-state index in [1.165, 1.54) is 9.80 Å². The Morgan fingerprint density at radius 2 is 1.36 bits per heavy atom. The Balaban J connectivity index is 1.31. The van der Waals surface area contributed by atoms with E-state index >= 15 is 0 Å². The molecule has 4 aliphatic rings. The lowest BCUT2D eigenvalue weighted by Gasteiger charge is -2.63. The summed E-state index contributed by atoms with van der Waals surface area (Å²) in [6, 6.07) is -0.148. The van der Waals surface area contributed by atoms with E-state index in [1.54, 1.807) is 4.90 Å². The van der Waals surface area contributed by atoms with Crippen LogP contribution in [0.25, 0.3) is 0 Å². The number of hydrogen-bond donors (Lipinski definition) is 9. The molecule has 0 aromatic rings. The second-order valence-electron chi connectivity index (χ2n) is 17.3. The maximum Gasteiger partial charge on any atom is 0.317 e. The van der Waals surface area contributed by atoms with Crippen LogP contribution in [0.2, 0.25) is 0 Å². The number of nitrogens with zero attached hydrogens (tertiary/aromatic N) is 3. The van der Waals surface area contributed by atoms with Crippen molar-refractivity contribution in [2.24, 2.45) is 46.3 Å². The molecule has 11 unspecified atom stereocenters. The van der Waals surface area contributed by atoms with Crippen molar-refractivity contribution in [1.29, 1.82) is 0 Å². The third-order valence-electron chi connectivity index (χ3n) is 14.1. The van der Waals surface area contributed by atoms with Crippen LogP contribution in [0.5, 0.6) is 0 Å². The molecule has 0 bridgehead atoms. The molecule has 11 atom stereocenters. The molecule has 17 nitrogen and oxygen atoms in total. The van der Waals surface area contributed by atoms with Gasteiger partial charge >= 0.3 is 17.9 Å². The van der Waals surface area contributed by atoms with Crippen molar-refractivity contribution in [3.8, 4) is 0 Å². The number of nitrogens with one attached hydrogen (secondary N) is 2. The Kier molecular flexibility index (Phi) is 15.9. The van der Waals surface area contributed by atoms with E-state index in [4.69, 9.17) is 10.2 Å². The van der Waals surface area contributed by atoms with Gasteiger partial charge in [0.1, 0.15) is 0 Å². The summed E-state index contributed by atoms with van der Waals surface area (Å²) >= 11 is 0. The van der Waals surface area contributed by atoms with Crippen LogP contribution in [-0.4, -0.2) is 164 Å². The Hall–Kier alpha value is -2.93. The highest BCUT2D eigenvalue weighted by atomic mass is 16.4. The molecule has 0 heterocycles. The van der Waals surface area contributed by atoms with Crippen molar-refractivity contribution in [2.75, 3.05) is 65.8 Å². The number of carboxylic acids is 3. The van der Waals surface area contributed by atoms with Crippen LogP contribution in [0, 0.1) is 46.3 Å². The molecule has 55 heavy (non-hydrogen) atoms. The summed E-state index contributed by atoms with van der Waals surface area (Å²) in [6.45, 7) is 4.71. The highest BCUT2D eigenvalue weighted by molar-refractivity contribution is 5.85.